The van der Waals surface area contributed by atoms with Gasteiger partial charge in [0.05, 0.1) is 6.20 Å². The third-order valence-electron chi connectivity index (χ3n) is 2.83. The first-order valence-electron chi connectivity index (χ1n) is 6.95. The molecule has 2 heterocycles. The molecule has 0 saturated heterocycles. The van der Waals surface area contributed by atoms with E-state index in [-0.39, 0.29) is 0 Å². The van der Waals surface area contributed by atoms with E-state index in [1.165, 1.54) is 0 Å². The SMILES string of the molecule is CCCNc1ncc(C)c(NCCCn2ccnn2)n1. The average Bonchev–Trinajstić information content (AvgIpc) is 2.97. The molecule has 7 nitrogen and oxygen atoms in total. The standard InChI is InChI=1S/C13H21N7/c1-3-5-15-13-16-10-11(2)12(18-13)14-6-4-8-20-9-7-17-19-20/h7,9-10H,3-6,8H2,1-2H3,(H2,14,15,16,18). The van der Waals surface area contributed by atoms with E-state index >= 15 is 0 Å². The van der Waals surface area contributed by atoms with Crippen molar-refractivity contribution in [3.05, 3.63) is 24.2 Å². The van der Waals surface area contributed by atoms with E-state index in [9.17, 15) is 0 Å². The lowest BCUT2D eigenvalue weighted by atomic mass is 10.3. The zero-order valence-electron chi connectivity index (χ0n) is 12.0. The molecule has 0 spiro atoms. The van der Waals surface area contributed by atoms with Crippen LogP contribution >= 0.6 is 0 Å². The first-order valence-corrected chi connectivity index (χ1v) is 6.95. The van der Waals surface area contributed by atoms with Crippen LogP contribution in [-0.4, -0.2) is 38.1 Å². The topological polar surface area (TPSA) is 80.5 Å². The molecule has 2 aromatic rings. The van der Waals surface area contributed by atoms with Gasteiger partial charge in [-0.3, -0.25) is 4.68 Å². The van der Waals surface area contributed by atoms with Crippen molar-refractivity contribution in [2.24, 2.45) is 0 Å². The first-order chi connectivity index (χ1) is 9.79. The van der Waals surface area contributed by atoms with E-state index in [0.717, 1.165) is 43.9 Å². The molecule has 20 heavy (non-hydrogen) atoms. The van der Waals surface area contributed by atoms with Crippen LogP contribution in [0.25, 0.3) is 0 Å². The number of nitrogens with zero attached hydrogens (tertiary/aromatic N) is 5. The lowest BCUT2D eigenvalue weighted by Crippen LogP contribution is -2.11. The van der Waals surface area contributed by atoms with Crippen LogP contribution in [0.5, 0.6) is 0 Å². The van der Waals surface area contributed by atoms with Gasteiger partial charge in [0.25, 0.3) is 0 Å². The van der Waals surface area contributed by atoms with Gasteiger partial charge in [-0.2, -0.15) is 4.98 Å². The Hall–Kier alpha value is -2.18. The van der Waals surface area contributed by atoms with Crippen molar-refractivity contribution >= 4 is 11.8 Å². The second-order valence-corrected chi connectivity index (χ2v) is 4.60. The first kappa shape index (κ1) is 14.2. The minimum Gasteiger partial charge on any atom is -0.370 e. The maximum absolute atomic E-state index is 4.48. The highest BCUT2D eigenvalue weighted by Crippen LogP contribution is 2.12. The van der Waals surface area contributed by atoms with Crippen LogP contribution in [-0.2, 0) is 6.54 Å². The van der Waals surface area contributed by atoms with Gasteiger partial charge < -0.3 is 10.6 Å². The Labute approximate surface area is 118 Å². The Morgan fingerprint density at radius 3 is 2.90 bits per heavy atom. The van der Waals surface area contributed by atoms with Crippen LogP contribution in [0.2, 0.25) is 0 Å². The second-order valence-electron chi connectivity index (χ2n) is 4.60. The summed E-state index contributed by atoms with van der Waals surface area (Å²) in [4.78, 5) is 8.74. The molecule has 7 heteroatoms. The van der Waals surface area contributed by atoms with Crippen molar-refractivity contribution in [3.63, 3.8) is 0 Å². The van der Waals surface area contributed by atoms with Crippen LogP contribution in [0.3, 0.4) is 0 Å². The molecule has 0 aliphatic rings. The Kier molecular flexibility index (Phi) is 5.28. The fourth-order valence-electron chi connectivity index (χ4n) is 1.74. The summed E-state index contributed by atoms with van der Waals surface area (Å²) in [6.45, 7) is 6.69. The maximum Gasteiger partial charge on any atom is 0.224 e. The average molecular weight is 275 g/mol. The largest absolute Gasteiger partial charge is 0.370 e. The number of anilines is 2. The summed E-state index contributed by atoms with van der Waals surface area (Å²) in [6, 6.07) is 0. The van der Waals surface area contributed by atoms with Gasteiger partial charge >= 0.3 is 0 Å². The second kappa shape index (κ2) is 7.42. The molecule has 0 amide bonds. The Morgan fingerprint density at radius 2 is 2.15 bits per heavy atom. The van der Waals surface area contributed by atoms with Crippen molar-refractivity contribution in [3.8, 4) is 0 Å². The summed E-state index contributed by atoms with van der Waals surface area (Å²) in [5.41, 5.74) is 1.05. The van der Waals surface area contributed by atoms with Gasteiger partial charge in [-0.1, -0.05) is 12.1 Å². The van der Waals surface area contributed by atoms with Crippen LogP contribution in [0.15, 0.2) is 18.6 Å². The van der Waals surface area contributed by atoms with Crippen LogP contribution < -0.4 is 10.6 Å². The summed E-state index contributed by atoms with van der Waals surface area (Å²) >= 11 is 0. The summed E-state index contributed by atoms with van der Waals surface area (Å²) in [5.74, 6) is 1.56. The summed E-state index contributed by atoms with van der Waals surface area (Å²) < 4.78 is 1.82. The van der Waals surface area contributed by atoms with Crippen molar-refractivity contribution in [1.82, 2.24) is 25.0 Å². The molecular weight excluding hydrogens is 254 g/mol. The molecule has 2 aromatic heterocycles. The molecule has 0 radical (unpaired) electrons. The summed E-state index contributed by atoms with van der Waals surface area (Å²) in [6.07, 6.45) is 7.41. The monoisotopic (exact) mass is 275 g/mol. The van der Waals surface area contributed by atoms with E-state index in [4.69, 9.17) is 0 Å². The van der Waals surface area contributed by atoms with E-state index in [1.54, 1.807) is 6.20 Å². The molecule has 108 valence electrons. The third-order valence-corrected chi connectivity index (χ3v) is 2.83. The fraction of sp³-hybridized carbons (Fsp3) is 0.538. The van der Waals surface area contributed by atoms with Gasteiger partial charge in [-0.15, -0.1) is 5.10 Å². The third kappa shape index (κ3) is 4.18. The molecule has 2 N–H and O–H groups in total. The Morgan fingerprint density at radius 1 is 1.25 bits per heavy atom. The number of aryl methyl sites for hydroxylation is 2. The van der Waals surface area contributed by atoms with E-state index < -0.39 is 0 Å². The van der Waals surface area contributed by atoms with Crippen LogP contribution in [0.4, 0.5) is 11.8 Å². The van der Waals surface area contributed by atoms with E-state index in [2.05, 4.69) is 37.8 Å². The number of aromatic nitrogens is 5. The number of rotatable bonds is 8. The summed E-state index contributed by atoms with van der Waals surface area (Å²) in [5, 5.41) is 14.2. The van der Waals surface area contributed by atoms with Gasteiger partial charge in [-0.05, 0) is 19.8 Å². The zero-order chi connectivity index (χ0) is 14.2. The smallest absolute Gasteiger partial charge is 0.224 e. The molecule has 2 rings (SSSR count). The van der Waals surface area contributed by atoms with Crippen LogP contribution in [0, 0.1) is 6.92 Å². The van der Waals surface area contributed by atoms with Crippen molar-refractivity contribution < 1.29 is 0 Å². The maximum atomic E-state index is 4.48. The lowest BCUT2D eigenvalue weighted by molar-refractivity contribution is 0.569. The van der Waals surface area contributed by atoms with Gasteiger partial charge in [-0.25, -0.2) is 4.98 Å². The molecular formula is C13H21N7. The van der Waals surface area contributed by atoms with Gasteiger partial charge in [0, 0.05) is 37.6 Å². The molecule has 0 saturated carbocycles. The normalized spacial score (nSPS) is 10.5. The predicted octanol–water partition coefficient (Wildman–Crippen LogP) is 1.70. The Bertz CT molecular complexity index is 509. The van der Waals surface area contributed by atoms with Gasteiger partial charge in [0.15, 0.2) is 0 Å². The molecule has 0 atom stereocenters. The van der Waals surface area contributed by atoms with Crippen molar-refractivity contribution in [2.75, 3.05) is 23.7 Å². The number of hydrogen-bond donors (Lipinski definition) is 2. The predicted molar refractivity (Wildman–Crippen MR) is 78.7 cm³/mol. The fourth-order valence-corrected chi connectivity index (χ4v) is 1.74. The molecule has 0 bridgehead atoms. The van der Waals surface area contributed by atoms with Gasteiger partial charge in [0.2, 0.25) is 5.95 Å². The molecule has 0 fully saturated rings. The Balaban J connectivity index is 1.81. The minimum atomic E-state index is 0.677. The minimum absolute atomic E-state index is 0.677. The lowest BCUT2D eigenvalue weighted by Gasteiger charge is -2.10. The molecule has 0 aromatic carbocycles. The zero-order valence-corrected chi connectivity index (χ0v) is 12.0. The highest BCUT2D eigenvalue weighted by molar-refractivity contribution is 5.46. The summed E-state index contributed by atoms with van der Waals surface area (Å²) in [7, 11) is 0. The highest BCUT2D eigenvalue weighted by atomic mass is 15.4. The van der Waals surface area contributed by atoms with E-state index in [1.807, 2.05) is 24.0 Å². The number of nitrogens with one attached hydrogen (secondary N) is 2. The molecule has 0 unspecified atom stereocenters. The quantitative estimate of drug-likeness (QED) is 0.714. The molecule has 0 aliphatic heterocycles. The van der Waals surface area contributed by atoms with Crippen molar-refractivity contribution in [2.45, 2.75) is 33.2 Å². The van der Waals surface area contributed by atoms with E-state index in [0.29, 0.717) is 5.95 Å². The highest BCUT2D eigenvalue weighted by Gasteiger charge is 2.03. The van der Waals surface area contributed by atoms with Gasteiger partial charge in [0.1, 0.15) is 5.82 Å². The van der Waals surface area contributed by atoms with Crippen LogP contribution in [0.1, 0.15) is 25.3 Å². The number of hydrogen-bond acceptors (Lipinski definition) is 6. The molecule has 0 aliphatic carbocycles. The van der Waals surface area contributed by atoms with Crippen molar-refractivity contribution in [1.29, 1.82) is 0 Å².